The van der Waals surface area contributed by atoms with Gasteiger partial charge in [0.1, 0.15) is 0 Å². The number of benzene rings is 3. The van der Waals surface area contributed by atoms with Crippen molar-refractivity contribution in [3.63, 3.8) is 0 Å². The van der Waals surface area contributed by atoms with E-state index in [1.165, 1.54) is 30.5 Å². The molecule has 198 valence electrons. The smallest absolute Gasteiger partial charge is 0.361 e. The summed E-state index contributed by atoms with van der Waals surface area (Å²) < 4.78 is 81.7. The molecule has 0 aliphatic rings. The van der Waals surface area contributed by atoms with Gasteiger partial charge >= 0.3 is 12.4 Å². The quantitative estimate of drug-likeness (QED) is 0.178. The maximum atomic E-state index is 13.7. The fourth-order valence-electron chi connectivity index (χ4n) is 4.30. The molecule has 0 fully saturated rings. The number of pyridine rings is 1. The highest BCUT2D eigenvalue weighted by molar-refractivity contribution is 5.53. The first kappa shape index (κ1) is 27.2. The molecule has 0 amide bonds. The topological polar surface area (TPSA) is 57.2 Å². The average Bonchev–Trinajstić information content (AvgIpc) is 2.88. The van der Waals surface area contributed by atoms with Crippen molar-refractivity contribution in [3.8, 4) is 0 Å². The molecule has 0 aliphatic heterocycles. The number of aromatic nitrogens is 1. The summed E-state index contributed by atoms with van der Waals surface area (Å²) in [6.07, 6.45) is -9.71. The summed E-state index contributed by atoms with van der Waals surface area (Å²) in [5.41, 5.74) is -2.86. The third-order valence-corrected chi connectivity index (χ3v) is 6.00. The molecule has 10 heteroatoms. The highest BCUT2D eigenvalue weighted by Crippen LogP contribution is 2.38. The van der Waals surface area contributed by atoms with E-state index in [2.05, 4.69) is 15.6 Å². The van der Waals surface area contributed by atoms with Crippen LogP contribution < -0.4 is 10.6 Å². The molecule has 4 nitrogen and oxygen atoms in total. The van der Waals surface area contributed by atoms with Gasteiger partial charge in [-0.15, -0.1) is 0 Å². The van der Waals surface area contributed by atoms with Gasteiger partial charge in [0, 0.05) is 18.3 Å². The van der Waals surface area contributed by atoms with Crippen LogP contribution in [0.25, 0.3) is 0 Å². The van der Waals surface area contributed by atoms with Gasteiger partial charge in [-0.3, -0.25) is 10.3 Å². The average molecular weight is 532 g/mol. The van der Waals surface area contributed by atoms with Crippen molar-refractivity contribution >= 4 is 5.69 Å². The van der Waals surface area contributed by atoms with Crippen LogP contribution in [0.5, 0.6) is 0 Å². The van der Waals surface area contributed by atoms with E-state index >= 15 is 0 Å². The SMILES string of the molecule is OC(Nc1ccccc1C(F)(F)F)NC(Cc1ccccc1)(c1cccc(C(F)(F)F)c1)c1ccccn1. The van der Waals surface area contributed by atoms with Gasteiger partial charge in [-0.25, -0.2) is 0 Å². The highest BCUT2D eigenvalue weighted by atomic mass is 19.4. The van der Waals surface area contributed by atoms with Crippen LogP contribution in [0.2, 0.25) is 0 Å². The van der Waals surface area contributed by atoms with Crippen LogP contribution in [-0.2, 0) is 24.3 Å². The molecule has 1 heterocycles. The molecule has 4 rings (SSSR count). The molecule has 2 atom stereocenters. The zero-order chi connectivity index (χ0) is 27.4. The monoisotopic (exact) mass is 531 g/mol. The number of hydrogen-bond donors (Lipinski definition) is 3. The van der Waals surface area contributed by atoms with Crippen molar-refractivity contribution < 1.29 is 31.4 Å². The number of anilines is 1. The first-order valence-corrected chi connectivity index (χ1v) is 11.5. The summed E-state index contributed by atoms with van der Waals surface area (Å²) in [7, 11) is 0. The minimum absolute atomic E-state index is 0.0197. The van der Waals surface area contributed by atoms with Crippen LogP contribution in [0.15, 0.2) is 103 Å². The second kappa shape index (κ2) is 10.8. The van der Waals surface area contributed by atoms with E-state index in [-0.39, 0.29) is 17.7 Å². The van der Waals surface area contributed by atoms with Crippen molar-refractivity contribution in [3.05, 3.63) is 131 Å². The predicted octanol–water partition coefficient (Wildman–Crippen LogP) is 6.58. The van der Waals surface area contributed by atoms with Gasteiger partial charge in [0.05, 0.1) is 22.4 Å². The van der Waals surface area contributed by atoms with Crippen LogP contribution in [0.4, 0.5) is 32.0 Å². The number of rotatable bonds is 8. The van der Waals surface area contributed by atoms with Crippen LogP contribution in [-0.4, -0.2) is 16.4 Å². The van der Waals surface area contributed by atoms with Crippen molar-refractivity contribution in [1.82, 2.24) is 10.3 Å². The van der Waals surface area contributed by atoms with E-state index < -0.39 is 41.1 Å². The molecule has 0 aliphatic carbocycles. The maximum absolute atomic E-state index is 13.7. The molecular formula is C28H23F6N3O. The lowest BCUT2D eigenvalue weighted by Gasteiger charge is -2.38. The van der Waals surface area contributed by atoms with E-state index in [9.17, 15) is 31.4 Å². The van der Waals surface area contributed by atoms with Crippen molar-refractivity contribution in [2.24, 2.45) is 0 Å². The van der Waals surface area contributed by atoms with Crippen molar-refractivity contribution in [2.45, 2.75) is 30.7 Å². The van der Waals surface area contributed by atoms with Crippen molar-refractivity contribution in [1.29, 1.82) is 0 Å². The Morgan fingerprint density at radius 2 is 1.37 bits per heavy atom. The van der Waals surface area contributed by atoms with Gasteiger partial charge in [-0.1, -0.05) is 60.7 Å². The second-order valence-corrected chi connectivity index (χ2v) is 8.60. The molecule has 3 N–H and O–H groups in total. The lowest BCUT2D eigenvalue weighted by Crippen LogP contribution is -2.53. The molecule has 3 aromatic carbocycles. The standard InChI is InChI=1S/C28H23F6N3O/c29-27(30,31)21-12-8-11-20(17-21)26(24-15-6-7-16-35-24,18-19-9-2-1-3-10-19)37-25(38)36-23-14-5-4-13-22(23)28(32,33)34/h1-17,25,36-38H,18H2. The Labute approximate surface area is 215 Å². The molecule has 0 saturated heterocycles. The first-order chi connectivity index (χ1) is 18.0. The van der Waals surface area contributed by atoms with Crippen LogP contribution in [0.3, 0.4) is 0 Å². The second-order valence-electron chi connectivity index (χ2n) is 8.60. The normalized spacial score (nSPS) is 14.5. The Kier molecular flexibility index (Phi) is 7.75. The van der Waals surface area contributed by atoms with Gasteiger partial charge in [-0.2, -0.15) is 26.3 Å². The molecule has 0 saturated carbocycles. The lowest BCUT2D eigenvalue weighted by atomic mass is 9.80. The fourth-order valence-corrected chi connectivity index (χ4v) is 4.30. The lowest BCUT2D eigenvalue weighted by molar-refractivity contribution is -0.138. The number of aliphatic hydroxyl groups is 1. The molecule has 38 heavy (non-hydrogen) atoms. The molecule has 2 unspecified atom stereocenters. The molecule has 0 bridgehead atoms. The highest BCUT2D eigenvalue weighted by Gasteiger charge is 2.40. The summed E-state index contributed by atoms with van der Waals surface area (Å²) in [4.78, 5) is 4.37. The Hall–Kier alpha value is -3.89. The Morgan fingerprint density at radius 3 is 2.03 bits per heavy atom. The molecule has 4 aromatic rings. The van der Waals surface area contributed by atoms with E-state index in [1.807, 2.05) is 0 Å². The molecular weight excluding hydrogens is 508 g/mol. The minimum Gasteiger partial charge on any atom is -0.361 e. The number of aliphatic hydroxyl groups excluding tert-OH is 1. The number of nitrogens with zero attached hydrogens (tertiary/aromatic N) is 1. The van der Waals surface area contributed by atoms with Gasteiger partial charge in [0.15, 0.2) is 6.35 Å². The van der Waals surface area contributed by atoms with Crippen molar-refractivity contribution in [2.75, 3.05) is 5.32 Å². The van der Waals surface area contributed by atoms with Crippen LogP contribution in [0, 0.1) is 0 Å². The van der Waals surface area contributed by atoms with Gasteiger partial charge < -0.3 is 10.4 Å². The zero-order valence-electron chi connectivity index (χ0n) is 19.8. The first-order valence-electron chi connectivity index (χ1n) is 11.5. The van der Waals surface area contributed by atoms with Gasteiger partial charge in [-0.05, 0) is 47.5 Å². The minimum atomic E-state index is -4.70. The Bertz CT molecular complexity index is 1350. The van der Waals surface area contributed by atoms with Gasteiger partial charge in [0.25, 0.3) is 0 Å². The molecule has 0 spiro atoms. The number of alkyl halides is 6. The van der Waals surface area contributed by atoms with Crippen LogP contribution >= 0.6 is 0 Å². The zero-order valence-corrected chi connectivity index (χ0v) is 19.8. The summed E-state index contributed by atoms with van der Waals surface area (Å²) in [6, 6.07) is 22.8. The molecule has 0 radical (unpaired) electrons. The third kappa shape index (κ3) is 6.15. The van der Waals surface area contributed by atoms with Gasteiger partial charge in [0.2, 0.25) is 0 Å². The largest absolute Gasteiger partial charge is 0.418 e. The summed E-state index contributed by atoms with van der Waals surface area (Å²) in [6.45, 7) is 0. The summed E-state index contributed by atoms with van der Waals surface area (Å²) in [5.74, 6) is 0. The maximum Gasteiger partial charge on any atom is 0.418 e. The summed E-state index contributed by atoms with van der Waals surface area (Å²) in [5, 5.41) is 16.3. The van der Waals surface area contributed by atoms with E-state index in [0.717, 1.165) is 24.3 Å². The van der Waals surface area contributed by atoms with E-state index in [1.54, 1.807) is 48.5 Å². The Morgan fingerprint density at radius 1 is 0.711 bits per heavy atom. The number of para-hydroxylation sites is 1. The molecule has 1 aromatic heterocycles. The fraction of sp³-hybridized carbons (Fsp3) is 0.179. The third-order valence-electron chi connectivity index (χ3n) is 6.00. The summed E-state index contributed by atoms with van der Waals surface area (Å²) >= 11 is 0. The predicted molar refractivity (Wildman–Crippen MR) is 131 cm³/mol. The number of nitrogens with one attached hydrogen (secondary N) is 2. The number of halogens is 6. The Balaban J connectivity index is 1.85. The van der Waals surface area contributed by atoms with E-state index in [4.69, 9.17) is 0 Å². The van der Waals surface area contributed by atoms with Crippen LogP contribution in [0.1, 0.15) is 27.9 Å². The number of hydrogen-bond acceptors (Lipinski definition) is 4. The van der Waals surface area contributed by atoms with E-state index in [0.29, 0.717) is 5.56 Å².